The van der Waals surface area contributed by atoms with Crippen LogP contribution in [-0.4, -0.2) is 24.2 Å². The van der Waals surface area contributed by atoms with Crippen molar-refractivity contribution in [2.75, 3.05) is 13.2 Å². The molecule has 1 aromatic heterocycles. The Balaban J connectivity index is 2.19. The van der Waals surface area contributed by atoms with E-state index in [9.17, 15) is 4.79 Å². The van der Waals surface area contributed by atoms with Crippen LogP contribution in [0.4, 0.5) is 0 Å². The van der Waals surface area contributed by atoms with Crippen molar-refractivity contribution in [1.82, 2.24) is 5.32 Å². The zero-order valence-corrected chi connectivity index (χ0v) is 9.82. The van der Waals surface area contributed by atoms with E-state index in [-0.39, 0.29) is 17.9 Å². The Bertz CT molecular complexity index is 317. The molecule has 0 aromatic carbocycles. The van der Waals surface area contributed by atoms with E-state index in [1.54, 1.807) is 6.07 Å². The van der Waals surface area contributed by atoms with Crippen molar-refractivity contribution in [3.8, 4) is 0 Å². The van der Waals surface area contributed by atoms with Gasteiger partial charge in [-0.1, -0.05) is 13.8 Å². The van der Waals surface area contributed by atoms with Gasteiger partial charge in [-0.25, -0.2) is 0 Å². The van der Waals surface area contributed by atoms with E-state index in [4.69, 9.17) is 9.52 Å². The van der Waals surface area contributed by atoms with Gasteiger partial charge in [0, 0.05) is 13.2 Å². The van der Waals surface area contributed by atoms with Crippen LogP contribution in [0.15, 0.2) is 23.0 Å². The Labute approximate surface area is 95.7 Å². The van der Waals surface area contributed by atoms with E-state index in [0.717, 1.165) is 12.8 Å². The Morgan fingerprint density at radius 1 is 1.56 bits per heavy atom. The Hall–Kier alpha value is -1.29. The molecule has 1 aromatic rings. The normalized spacial score (nSPS) is 11.4. The molecule has 0 aliphatic rings. The molecule has 0 spiro atoms. The maximum absolute atomic E-state index is 11.5. The molecule has 90 valence electrons. The second-order valence-electron chi connectivity index (χ2n) is 4.69. The number of hydrogen-bond acceptors (Lipinski definition) is 3. The summed E-state index contributed by atoms with van der Waals surface area (Å²) in [7, 11) is 0. The zero-order chi connectivity index (χ0) is 12.0. The summed E-state index contributed by atoms with van der Waals surface area (Å²) in [6.45, 7) is 4.80. The van der Waals surface area contributed by atoms with E-state index < -0.39 is 0 Å². The molecule has 1 heterocycles. The highest BCUT2D eigenvalue weighted by Gasteiger charge is 2.15. The van der Waals surface area contributed by atoms with Crippen LogP contribution in [0.1, 0.15) is 37.0 Å². The number of rotatable bonds is 6. The third kappa shape index (κ3) is 4.06. The molecule has 0 aliphatic heterocycles. The molecule has 1 amide bonds. The van der Waals surface area contributed by atoms with E-state index >= 15 is 0 Å². The number of nitrogens with one attached hydrogen (secondary N) is 1. The van der Waals surface area contributed by atoms with E-state index in [2.05, 4.69) is 5.32 Å². The molecule has 0 unspecified atom stereocenters. The molecule has 2 N–H and O–H groups in total. The molecule has 0 atom stereocenters. The third-order valence-corrected chi connectivity index (χ3v) is 2.53. The van der Waals surface area contributed by atoms with Gasteiger partial charge < -0.3 is 14.8 Å². The SMILES string of the molecule is CC(C)(CO)CCCNC(=O)c1ccoc1. The minimum atomic E-state index is -0.115. The summed E-state index contributed by atoms with van der Waals surface area (Å²) < 4.78 is 4.82. The molecular weight excluding hydrogens is 206 g/mol. The molecule has 4 heteroatoms. The van der Waals surface area contributed by atoms with Gasteiger partial charge in [-0.2, -0.15) is 0 Å². The van der Waals surface area contributed by atoms with Gasteiger partial charge in [0.15, 0.2) is 0 Å². The summed E-state index contributed by atoms with van der Waals surface area (Å²) in [4.78, 5) is 11.5. The number of hydrogen-bond donors (Lipinski definition) is 2. The van der Waals surface area contributed by atoms with Gasteiger partial charge in [-0.05, 0) is 24.3 Å². The third-order valence-electron chi connectivity index (χ3n) is 2.53. The first-order chi connectivity index (χ1) is 7.55. The van der Waals surface area contributed by atoms with Crippen LogP contribution in [0, 0.1) is 5.41 Å². The highest BCUT2D eigenvalue weighted by atomic mass is 16.3. The Kier molecular flexibility index (Phi) is 4.55. The number of aliphatic hydroxyl groups excluding tert-OH is 1. The summed E-state index contributed by atoms with van der Waals surface area (Å²) in [6, 6.07) is 1.63. The summed E-state index contributed by atoms with van der Waals surface area (Å²) in [6.07, 6.45) is 4.64. The fourth-order valence-corrected chi connectivity index (χ4v) is 1.34. The first-order valence-electron chi connectivity index (χ1n) is 5.46. The molecule has 0 aliphatic carbocycles. The van der Waals surface area contributed by atoms with Crippen LogP contribution >= 0.6 is 0 Å². The zero-order valence-electron chi connectivity index (χ0n) is 9.82. The predicted molar refractivity (Wildman–Crippen MR) is 61.1 cm³/mol. The average Bonchev–Trinajstić information content (AvgIpc) is 2.77. The quantitative estimate of drug-likeness (QED) is 0.726. The lowest BCUT2D eigenvalue weighted by Gasteiger charge is -2.21. The first kappa shape index (κ1) is 12.8. The fraction of sp³-hybridized carbons (Fsp3) is 0.583. The van der Waals surface area contributed by atoms with Crippen LogP contribution in [0.25, 0.3) is 0 Å². The average molecular weight is 225 g/mol. The van der Waals surface area contributed by atoms with Crippen molar-refractivity contribution in [2.45, 2.75) is 26.7 Å². The molecule has 16 heavy (non-hydrogen) atoms. The van der Waals surface area contributed by atoms with E-state index in [0.29, 0.717) is 12.1 Å². The number of aliphatic hydroxyl groups is 1. The summed E-state index contributed by atoms with van der Waals surface area (Å²) in [5.74, 6) is -0.115. The minimum absolute atomic E-state index is 0.0691. The van der Waals surface area contributed by atoms with E-state index in [1.165, 1.54) is 12.5 Å². The lowest BCUT2D eigenvalue weighted by molar-refractivity contribution is 0.0948. The summed E-state index contributed by atoms with van der Waals surface area (Å²) in [5.41, 5.74) is 0.474. The first-order valence-corrected chi connectivity index (χ1v) is 5.46. The lowest BCUT2D eigenvalue weighted by atomic mass is 9.89. The molecule has 0 radical (unpaired) electrons. The van der Waals surface area contributed by atoms with Crippen molar-refractivity contribution >= 4 is 5.91 Å². The number of furan rings is 1. The maximum atomic E-state index is 11.5. The molecule has 0 fully saturated rings. The van der Waals surface area contributed by atoms with Gasteiger partial charge in [0.1, 0.15) is 6.26 Å². The van der Waals surface area contributed by atoms with Crippen molar-refractivity contribution in [1.29, 1.82) is 0 Å². The van der Waals surface area contributed by atoms with Gasteiger partial charge in [0.2, 0.25) is 0 Å². The molecule has 0 saturated carbocycles. The van der Waals surface area contributed by atoms with Crippen molar-refractivity contribution < 1.29 is 14.3 Å². The maximum Gasteiger partial charge on any atom is 0.254 e. The van der Waals surface area contributed by atoms with Crippen LogP contribution in [-0.2, 0) is 0 Å². The molecule has 0 bridgehead atoms. The Morgan fingerprint density at radius 3 is 2.88 bits per heavy atom. The van der Waals surface area contributed by atoms with Crippen LogP contribution in [0.3, 0.4) is 0 Å². The standard InChI is InChI=1S/C12H19NO3/c1-12(2,9-14)5-3-6-13-11(15)10-4-7-16-8-10/h4,7-8,14H,3,5-6,9H2,1-2H3,(H,13,15). The fourth-order valence-electron chi connectivity index (χ4n) is 1.34. The van der Waals surface area contributed by atoms with Gasteiger partial charge in [-0.15, -0.1) is 0 Å². The van der Waals surface area contributed by atoms with E-state index in [1.807, 2.05) is 13.8 Å². The molecule has 1 rings (SSSR count). The Morgan fingerprint density at radius 2 is 2.31 bits per heavy atom. The van der Waals surface area contributed by atoms with Gasteiger partial charge >= 0.3 is 0 Å². The van der Waals surface area contributed by atoms with Crippen LogP contribution in [0.2, 0.25) is 0 Å². The minimum Gasteiger partial charge on any atom is -0.472 e. The van der Waals surface area contributed by atoms with Crippen molar-refractivity contribution in [3.63, 3.8) is 0 Å². The largest absolute Gasteiger partial charge is 0.472 e. The highest BCUT2D eigenvalue weighted by Crippen LogP contribution is 2.20. The monoisotopic (exact) mass is 225 g/mol. The van der Waals surface area contributed by atoms with Crippen molar-refractivity contribution in [2.24, 2.45) is 5.41 Å². The lowest BCUT2D eigenvalue weighted by Crippen LogP contribution is -2.26. The molecule has 0 saturated heterocycles. The number of carbonyl (C=O) groups is 1. The van der Waals surface area contributed by atoms with Gasteiger partial charge in [0.05, 0.1) is 11.8 Å². The summed E-state index contributed by atoms with van der Waals surface area (Å²) in [5, 5.41) is 11.9. The highest BCUT2D eigenvalue weighted by molar-refractivity contribution is 5.93. The smallest absolute Gasteiger partial charge is 0.254 e. The predicted octanol–water partition coefficient (Wildman–Crippen LogP) is 1.81. The topological polar surface area (TPSA) is 62.5 Å². The van der Waals surface area contributed by atoms with Crippen LogP contribution in [0.5, 0.6) is 0 Å². The molecule has 4 nitrogen and oxygen atoms in total. The second-order valence-corrected chi connectivity index (χ2v) is 4.69. The second kappa shape index (κ2) is 5.70. The molecular formula is C12H19NO3. The van der Waals surface area contributed by atoms with Gasteiger partial charge in [-0.3, -0.25) is 4.79 Å². The summed E-state index contributed by atoms with van der Waals surface area (Å²) >= 11 is 0. The van der Waals surface area contributed by atoms with Crippen molar-refractivity contribution in [3.05, 3.63) is 24.2 Å². The number of amides is 1. The van der Waals surface area contributed by atoms with Crippen LogP contribution < -0.4 is 5.32 Å². The number of carbonyl (C=O) groups excluding carboxylic acids is 1. The van der Waals surface area contributed by atoms with Gasteiger partial charge in [0.25, 0.3) is 5.91 Å².